The minimum Gasteiger partial charge on any atom is -0.453 e. The molecule has 0 heterocycles. The molecule has 0 aliphatic heterocycles. The molecule has 7 nitrogen and oxygen atoms in total. The van der Waals surface area contributed by atoms with E-state index in [-0.39, 0.29) is 0 Å². The van der Waals surface area contributed by atoms with Gasteiger partial charge in [-0.15, -0.1) is 0 Å². The molecule has 0 atom stereocenters. The summed E-state index contributed by atoms with van der Waals surface area (Å²) < 4.78 is 8.75. The molecule has 0 bridgehead atoms. The number of carbonyl (C=O) groups excluding carboxylic acids is 2. The van der Waals surface area contributed by atoms with Gasteiger partial charge in [-0.2, -0.15) is 0 Å². The number of alkyl carbamates (subject to hydrolysis) is 2. The van der Waals surface area contributed by atoms with Crippen molar-refractivity contribution in [1.82, 2.24) is 15.4 Å². The highest BCUT2D eigenvalue weighted by atomic mass is 16.5. The summed E-state index contributed by atoms with van der Waals surface area (Å²) in [7, 11) is 8.15. The zero-order valence-electron chi connectivity index (χ0n) is 9.49. The summed E-state index contributed by atoms with van der Waals surface area (Å²) in [6.07, 6.45) is -0.998. The third kappa shape index (κ3) is 7.92. The molecule has 90 valence electrons. The van der Waals surface area contributed by atoms with Gasteiger partial charge < -0.3 is 24.9 Å². The molecule has 2 N–H and O–H groups in total. The summed E-state index contributed by atoms with van der Waals surface area (Å²) in [5.74, 6) is 0. The molecule has 0 fully saturated rings. The molecule has 0 aromatic rings. The maximum Gasteiger partial charge on any atom is 0.406 e. The van der Waals surface area contributed by atoms with Crippen molar-refractivity contribution in [3.63, 3.8) is 0 Å². The fraction of sp³-hybridized carbons (Fsp3) is 0.750. The zero-order chi connectivity index (χ0) is 12.4. The molecular weight excluding hydrogens is 213 g/mol. The highest BCUT2D eigenvalue weighted by molar-refractivity contribution is 6.04. The van der Waals surface area contributed by atoms with Crippen LogP contribution in [-0.4, -0.2) is 65.4 Å². The quantitative estimate of drug-likeness (QED) is 0.576. The van der Waals surface area contributed by atoms with Gasteiger partial charge in [0.05, 0.1) is 14.2 Å². The molecule has 0 saturated carbocycles. The lowest BCUT2D eigenvalue weighted by atomic mass is 10.3. The van der Waals surface area contributed by atoms with E-state index in [1.165, 1.54) is 19.0 Å². The molecule has 0 aromatic carbocycles. The Morgan fingerprint density at radius 3 is 1.75 bits per heavy atom. The Bertz CT molecular complexity index is 205. The third-order valence-corrected chi connectivity index (χ3v) is 1.71. The normalized spacial score (nSPS) is 9.69. The Morgan fingerprint density at radius 2 is 1.44 bits per heavy atom. The standard InChI is InChI=1S/C8H16BN3O4/c1-15-7(13)10-3-5-12(9)6-4-11-8(14)16-2/h3-6H2,1-2H3,(H,10,13)(H,11,14). The van der Waals surface area contributed by atoms with Gasteiger partial charge in [-0.25, -0.2) is 9.59 Å². The number of ether oxygens (including phenoxy) is 2. The average molecular weight is 229 g/mol. The lowest BCUT2D eigenvalue weighted by Crippen LogP contribution is -2.38. The van der Waals surface area contributed by atoms with E-state index in [9.17, 15) is 9.59 Å². The van der Waals surface area contributed by atoms with Crippen molar-refractivity contribution in [2.24, 2.45) is 0 Å². The molecule has 2 radical (unpaired) electrons. The van der Waals surface area contributed by atoms with Gasteiger partial charge in [0.15, 0.2) is 7.98 Å². The van der Waals surface area contributed by atoms with Gasteiger partial charge >= 0.3 is 12.2 Å². The summed E-state index contributed by atoms with van der Waals surface area (Å²) in [5.41, 5.74) is 0. The predicted octanol–water partition coefficient (Wildman–Crippen LogP) is -0.916. The largest absolute Gasteiger partial charge is 0.453 e. The van der Waals surface area contributed by atoms with Crippen LogP contribution in [0.25, 0.3) is 0 Å². The van der Waals surface area contributed by atoms with Crippen LogP contribution < -0.4 is 10.6 Å². The second kappa shape index (κ2) is 8.84. The van der Waals surface area contributed by atoms with Crippen LogP contribution in [0, 0.1) is 0 Å². The van der Waals surface area contributed by atoms with Gasteiger partial charge in [-0.05, 0) is 0 Å². The lowest BCUT2D eigenvalue weighted by Gasteiger charge is -2.17. The van der Waals surface area contributed by atoms with Crippen LogP contribution in [0.1, 0.15) is 0 Å². The molecule has 16 heavy (non-hydrogen) atoms. The summed E-state index contributed by atoms with van der Waals surface area (Å²) in [4.78, 5) is 22.8. The van der Waals surface area contributed by atoms with Crippen molar-refractivity contribution < 1.29 is 19.1 Å². The van der Waals surface area contributed by atoms with Gasteiger partial charge in [0.2, 0.25) is 0 Å². The first-order valence-electron chi connectivity index (χ1n) is 4.73. The molecule has 0 aliphatic carbocycles. The number of amides is 2. The fourth-order valence-electron chi connectivity index (χ4n) is 0.859. The molecule has 2 amide bonds. The average Bonchev–Trinajstić information content (AvgIpc) is 2.28. The van der Waals surface area contributed by atoms with Crippen molar-refractivity contribution in [1.29, 1.82) is 0 Å². The number of nitrogens with one attached hydrogen (secondary N) is 2. The molecule has 8 heteroatoms. The number of hydrogen-bond acceptors (Lipinski definition) is 5. The van der Waals surface area contributed by atoms with Crippen LogP contribution in [0.15, 0.2) is 0 Å². The lowest BCUT2D eigenvalue weighted by molar-refractivity contribution is 0.170. The molecule has 0 aromatic heterocycles. The van der Waals surface area contributed by atoms with Crippen LogP contribution in [0.3, 0.4) is 0 Å². The highest BCUT2D eigenvalue weighted by Crippen LogP contribution is 1.80. The minimum absolute atomic E-state index is 0.376. The molecule has 0 aliphatic rings. The monoisotopic (exact) mass is 229 g/mol. The number of carbonyl (C=O) groups is 2. The predicted molar refractivity (Wildman–Crippen MR) is 58.1 cm³/mol. The SMILES string of the molecule is [B]N(CCNC(=O)OC)CCNC(=O)OC. The van der Waals surface area contributed by atoms with E-state index >= 15 is 0 Å². The van der Waals surface area contributed by atoms with Crippen molar-refractivity contribution >= 4 is 20.2 Å². The Hall–Kier alpha value is -1.44. The van der Waals surface area contributed by atoms with E-state index in [0.29, 0.717) is 26.2 Å². The topological polar surface area (TPSA) is 79.9 Å². The smallest absolute Gasteiger partial charge is 0.406 e. The fourth-order valence-corrected chi connectivity index (χ4v) is 0.859. The molecular formula is C8H16BN3O4. The van der Waals surface area contributed by atoms with Crippen LogP contribution in [-0.2, 0) is 9.47 Å². The van der Waals surface area contributed by atoms with Crippen molar-refractivity contribution in [3.05, 3.63) is 0 Å². The van der Waals surface area contributed by atoms with E-state index in [4.69, 9.17) is 7.98 Å². The highest BCUT2D eigenvalue weighted by Gasteiger charge is 2.02. The second-order valence-electron chi connectivity index (χ2n) is 2.87. The van der Waals surface area contributed by atoms with Crippen LogP contribution in [0.2, 0.25) is 0 Å². The van der Waals surface area contributed by atoms with E-state index < -0.39 is 12.2 Å². The summed E-state index contributed by atoms with van der Waals surface area (Å²) in [5, 5.41) is 4.96. The van der Waals surface area contributed by atoms with Gasteiger partial charge in [0, 0.05) is 26.2 Å². The van der Waals surface area contributed by atoms with Crippen LogP contribution in [0.5, 0.6) is 0 Å². The van der Waals surface area contributed by atoms with Crippen molar-refractivity contribution in [3.8, 4) is 0 Å². The Balaban J connectivity index is 3.41. The Morgan fingerprint density at radius 1 is 1.06 bits per heavy atom. The molecule has 0 spiro atoms. The number of methoxy groups -OCH3 is 2. The van der Waals surface area contributed by atoms with Gasteiger partial charge in [-0.1, -0.05) is 0 Å². The van der Waals surface area contributed by atoms with E-state index in [0.717, 1.165) is 0 Å². The van der Waals surface area contributed by atoms with Crippen LogP contribution in [0.4, 0.5) is 9.59 Å². The number of rotatable bonds is 6. The number of hydrogen-bond donors (Lipinski definition) is 2. The summed E-state index contributed by atoms with van der Waals surface area (Å²) in [6.45, 7) is 1.67. The second-order valence-corrected chi connectivity index (χ2v) is 2.87. The maximum atomic E-state index is 10.7. The van der Waals surface area contributed by atoms with Crippen molar-refractivity contribution in [2.45, 2.75) is 0 Å². The van der Waals surface area contributed by atoms with E-state index in [1.54, 1.807) is 0 Å². The van der Waals surface area contributed by atoms with Gasteiger partial charge in [-0.3, -0.25) is 0 Å². The first-order valence-corrected chi connectivity index (χ1v) is 4.73. The first kappa shape index (κ1) is 14.6. The Kier molecular flexibility index (Phi) is 8.05. The van der Waals surface area contributed by atoms with Gasteiger partial charge in [0.1, 0.15) is 0 Å². The van der Waals surface area contributed by atoms with E-state index in [1.807, 2.05) is 0 Å². The summed E-state index contributed by atoms with van der Waals surface area (Å²) >= 11 is 0. The Labute approximate surface area is 95.9 Å². The maximum absolute atomic E-state index is 10.7. The molecule has 0 rings (SSSR count). The zero-order valence-corrected chi connectivity index (χ0v) is 9.49. The molecule has 0 saturated heterocycles. The number of nitrogens with zero attached hydrogens (tertiary/aromatic N) is 1. The van der Waals surface area contributed by atoms with Crippen LogP contribution >= 0.6 is 0 Å². The molecule has 0 unspecified atom stereocenters. The van der Waals surface area contributed by atoms with Gasteiger partial charge in [0.25, 0.3) is 0 Å². The third-order valence-electron chi connectivity index (χ3n) is 1.71. The van der Waals surface area contributed by atoms with E-state index in [2.05, 4.69) is 20.1 Å². The minimum atomic E-state index is -0.499. The summed E-state index contributed by atoms with van der Waals surface area (Å²) in [6, 6.07) is 0. The first-order chi connectivity index (χ1) is 7.60. The van der Waals surface area contributed by atoms with Crippen molar-refractivity contribution in [2.75, 3.05) is 40.4 Å².